The third-order valence-corrected chi connectivity index (χ3v) is 3.96. The molecule has 0 aromatic heterocycles. The first-order chi connectivity index (χ1) is 12.6. The van der Waals surface area contributed by atoms with Crippen LogP contribution in [0, 0.1) is 0 Å². The second-order valence-corrected chi connectivity index (χ2v) is 6.23. The SMILES string of the molecule is O=C(N/N=C/c1cc(Br)ccc1O)c1ccccc1Oc1ccccc1. The topological polar surface area (TPSA) is 70.9 Å². The van der Waals surface area contributed by atoms with E-state index in [-0.39, 0.29) is 5.75 Å². The molecule has 3 rings (SSSR count). The highest BCUT2D eigenvalue weighted by Crippen LogP contribution is 2.25. The van der Waals surface area contributed by atoms with Crippen molar-refractivity contribution in [1.82, 2.24) is 5.43 Å². The van der Waals surface area contributed by atoms with Crippen molar-refractivity contribution in [2.75, 3.05) is 0 Å². The van der Waals surface area contributed by atoms with Crippen LogP contribution in [0.5, 0.6) is 17.2 Å². The first-order valence-electron chi connectivity index (χ1n) is 7.77. The van der Waals surface area contributed by atoms with Crippen LogP contribution in [-0.4, -0.2) is 17.2 Å². The summed E-state index contributed by atoms with van der Waals surface area (Å²) in [5.74, 6) is 0.716. The van der Waals surface area contributed by atoms with Gasteiger partial charge in [0.1, 0.15) is 17.2 Å². The summed E-state index contributed by atoms with van der Waals surface area (Å²) in [7, 11) is 0. The molecular weight excluding hydrogens is 396 g/mol. The third-order valence-electron chi connectivity index (χ3n) is 3.46. The molecule has 0 spiro atoms. The van der Waals surface area contributed by atoms with E-state index < -0.39 is 5.91 Å². The number of nitrogens with one attached hydrogen (secondary N) is 1. The number of hydrogen-bond acceptors (Lipinski definition) is 4. The smallest absolute Gasteiger partial charge is 0.275 e. The van der Waals surface area contributed by atoms with E-state index in [1.165, 1.54) is 12.3 Å². The summed E-state index contributed by atoms with van der Waals surface area (Å²) in [6.45, 7) is 0. The number of phenolic OH excluding ortho intramolecular Hbond substituents is 1. The predicted octanol–water partition coefficient (Wildman–Crippen LogP) is 4.71. The third kappa shape index (κ3) is 4.49. The van der Waals surface area contributed by atoms with Crippen LogP contribution in [0.4, 0.5) is 0 Å². The highest BCUT2D eigenvalue weighted by molar-refractivity contribution is 9.10. The van der Waals surface area contributed by atoms with Gasteiger partial charge in [0.15, 0.2) is 0 Å². The van der Waals surface area contributed by atoms with Crippen molar-refractivity contribution < 1.29 is 14.6 Å². The molecule has 3 aromatic rings. The van der Waals surface area contributed by atoms with Crippen molar-refractivity contribution in [1.29, 1.82) is 0 Å². The Kier molecular flexibility index (Phi) is 5.66. The maximum Gasteiger partial charge on any atom is 0.275 e. The Morgan fingerprint density at radius 1 is 1.04 bits per heavy atom. The van der Waals surface area contributed by atoms with Crippen LogP contribution >= 0.6 is 15.9 Å². The molecule has 0 radical (unpaired) electrons. The van der Waals surface area contributed by atoms with Gasteiger partial charge in [0, 0.05) is 10.0 Å². The quantitative estimate of drug-likeness (QED) is 0.472. The fourth-order valence-electron chi connectivity index (χ4n) is 2.21. The Hall–Kier alpha value is -3.12. The van der Waals surface area contributed by atoms with E-state index >= 15 is 0 Å². The molecule has 0 aliphatic rings. The molecule has 3 aromatic carbocycles. The lowest BCUT2D eigenvalue weighted by Crippen LogP contribution is -2.18. The second kappa shape index (κ2) is 8.31. The molecule has 0 unspecified atom stereocenters. The zero-order chi connectivity index (χ0) is 18.4. The van der Waals surface area contributed by atoms with Gasteiger partial charge in [-0.3, -0.25) is 4.79 Å². The van der Waals surface area contributed by atoms with E-state index in [0.29, 0.717) is 22.6 Å². The molecule has 5 nitrogen and oxygen atoms in total. The van der Waals surface area contributed by atoms with Crippen molar-refractivity contribution in [2.24, 2.45) is 5.10 Å². The number of aromatic hydroxyl groups is 1. The van der Waals surface area contributed by atoms with Crippen molar-refractivity contribution in [3.8, 4) is 17.2 Å². The van der Waals surface area contributed by atoms with Crippen molar-refractivity contribution in [2.45, 2.75) is 0 Å². The van der Waals surface area contributed by atoms with Gasteiger partial charge in [-0.1, -0.05) is 46.3 Å². The molecule has 0 fully saturated rings. The van der Waals surface area contributed by atoms with Gasteiger partial charge < -0.3 is 9.84 Å². The van der Waals surface area contributed by atoms with Crippen molar-refractivity contribution in [3.05, 3.63) is 88.4 Å². The Balaban J connectivity index is 1.74. The van der Waals surface area contributed by atoms with E-state index in [9.17, 15) is 9.90 Å². The molecule has 6 heteroatoms. The molecule has 0 bridgehead atoms. The van der Waals surface area contributed by atoms with Crippen LogP contribution in [0.25, 0.3) is 0 Å². The van der Waals surface area contributed by atoms with E-state index in [1.54, 1.807) is 36.4 Å². The number of phenols is 1. The minimum atomic E-state index is -0.415. The van der Waals surface area contributed by atoms with E-state index in [4.69, 9.17) is 4.74 Å². The maximum absolute atomic E-state index is 12.4. The standard InChI is InChI=1S/C20H15BrN2O3/c21-15-10-11-18(24)14(12-15)13-22-23-20(25)17-8-4-5-9-19(17)26-16-6-2-1-3-7-16/h1-13,24H,(H,23,25)/b22-13+. The molecule has 0 saturated heterocycles. The number of amides is 1. The van der Waals surface area contributed by atoms with Gasteiger partial charge in [-0.25, -0.2) is 5.43 Å². The summed E-state index contributed by atoms with van der Waals surface area (Å²) in [5.41, 5.74) is 3.28. The Bertz CT molecular complexity index is 943. The molecule has 130 valence electrons. The molecule has 0 aliphatic carbocycles. The van der Waals surface area contributed by atoms with Gasteiger partial charge in [0.2, 0.25) is 0 Å². The zero-order valence-electron chi connectivity index (χ0n) is 13.6. The summed E-state index contributed by atoms with van der Waals surface area (Å²) in [5, 5.41) is 13.7. The van der Waals surface area contributed by atoms with E-state index in [2.05, 4.69) is 26.5 Å². The molecule has 0 aliphatic heterocycles. The van der Waals surface area contributed by atoms with Crippen LogP contribution in [-0.2, 0) is 0 Å². The van der Waals surface area contributed by atoms with Crippen LogP contribution < -0.4 is 10.2 Å². The van der Waals surface area contributed by atoms with Crippen LogP contribution in [0.3, 0.4) is 0 Å². The van der Waals surface area contributed by atoms with Crippen LogP contribution in [0.2, 0.25) is 0 Å². The molecule has 2 N–H and O–H groups in total. The minimum Gasteiger partial charge on any atom is -0.507 e. The van der Waals surface area contributed by atoms with Gasteiger partial charge in [0.25, 0.3) is 5.91 Å². The first kappa shape index (κ1) is 17.7. The summed E-state index contributed by atoms with van der Waals surface area (Å²) >= 11 is 3.32. The van der Waals surface area contributed by atoms with Gasteiger partial charge in [-0.2, -0.15) is 5.10 Å². The number of para-hydroxylation sites is 2. The number of carbonyl (C=O) groups is 1. The normalized spacial score (nSPS) is 10.7. The van der Waals surface area contributed by atoms with E-state index in [1.807, 2.05) is 30.3 Å². The summed E-state index contributed by atoms with van der Waals surface area (Å²) in [6, 6.07) is 21.1. The molecule has 0 atom stereocenters. The Labute approximate surface area is 159 Å². The second-order valence-electron chi connectivity index (χ2n) is 5.31. The Morgan fingerprint density at radius 2 is 1.77 bits per heavy atom. The lowest BCUT2D eigenvalue weighted by atomic mass is 10.2. The molecule has 0 heterocycles. The van der Waals surface area contributed by atoms with Gasteiger partial charge in [-0.05, 0) is 42.5 Å². The van der Waals surface area contributed by atoms with Crippen LogP contribution in [0.1, 0.15) is 15.9 Å². The lowest BCUT2D eigenvalue weighted by molar-refractivity contribution is 0.0953. The van der Waals surface area contributed by atoms with Crippen molar-refractivity contribution >= 4 is 28.1 Å². The number of nitrogens with zero attached hydrogens (tertiary/aromatic N) is 1. The lowest BCUT2D eigenvalue weighted by Gasteiger charge is -2.09. The average molecular weight is 411 g/mol. The first-order valence-corrected chi connectivity index (χ1v) is 8.56. The monoisotopic (exact) mass is 410 g/mol. The number of rotatable bonds is 5. The number of halogens is 1. The largest absolute Gasteiger partial charge is 0.507 e. The summed E-state index contributed by atoms with van der Waals surface area (Å²) in [6.07, 6.45) is 1.37. The number of hydrazone groups is 1. The zero-order valence-corrected chi connectivity index (χ0v) is 15.2. The minimum absolute atomic E-state index is 0.0685. The van der Waals surface area contributed by atoms with Gasteiger partial charge in [-0.15, -0.1) is 0 Å². The summed E-state index contributed by atoms with van der Waals surface area (Å²) in [4.78, 5) is 12.4. The number of carbonyl (C=O) groups excluding carboxylic acids is 1. The van der Waals surface area contributed by atoms with Crippen molar-refractivity contribution in [3.63, 3.8) is 0 Å². The van der Waals surface area contributed by atoms with Gasteiger partial charge >= 0.3 is 0 Å². The molecule has 0 saturated carbocycles. The molecule has 1 amide bonds. The average Bonchev–Trinajstić information content (AvgIpc) is 2.66. The number of hydrogen-bond donors (Lipinski definition) is 2. The predicted molar refractivity (Wildman–Crippen MR) is 104 cm³/mol. The van der Waals surface area contributed by atoms with Crippen LogP contribution in [0.15, 0.2) is 82.4 Å². The van der Waals surface area contributed by atoms with Gasteiger partial charge in [0.05, 0.1) is 11.8 Å². The fraction of sp³-hybridized carbons (Fsp3) is 0. The highest BCUT2D eigenvalue weighted by Gasteiger charge is 2.12. The summed E-state index contributed by atoms with van der Waals surface area (Å²) < 4.78 is 6.57. The van der Waals surface area contributed by atoms with E-state index in [0.717, 1.165) is 4.47 Å². The maximum atomic E-state index is 12.4. The molecule has 26 heavy (non-hydrogen) atoms. The fourth-order valence-corrected chi connectivity index (χ4v) is 2.59. The highest BCUT2D eigenvalue weighted by atomic mass is 79.9. The number of ether oxygens (including phenoxy) is 1. The Morgan fingerprint density at radius 3 is 2.58 bits per heavy atom. The molecular formula is C20H15BrN2O3. The number of benzene rings is 3.